The quantitative estimate of drug-likeness (QED) is 0.936. The molecule has 1 aromatic heterocycles. The number of rotatable bonds is 4. The highest BCUT2D eigenvalue weighted by atomic mass is 16.5. The molecule has 0 aliphatic carbocycles. The molecular weight excluding hydrogens is 262 g/mol. The van der Waals surface area contributed by atoms with Gasteiger partial charge in [0, 0.05) is 11.6 Å². The fourth-order valence-corrected chi connectivity index (χ4v) is 2.85. The second kappa shape index (κ2) is 6.55. The number of aromatic nitrogens is 1. The SMILES string of the molecule is N#Cc1cnc2ccccc2c1OCCC1CCCNC1. The van der Waals surface area contributed by atoms with Crippen LogP contribution in [0.4, 0.5) is 0 Å². The van der Waals surface area contributed by atoms with Crippen LogP contribution in [0, 0.1) is 17.2 Å². The van der Waals surface area contributed by atoms with Crippen molar-refractivity contribution in [2.45, 2.75) is 19.3 Å². The van der Waals surface area contributed by atoms with Gasteiger partial charge >= 0.3 is 0 Å². The molecule has 4 heteroatoms. The van der Waals surface area contributed by atoms with Crippen LogP contribution in [-0.4, -0.2) is 24.7 Å². The Morgan fingerprint density at radius 1 is 1.38 bits per heavy atom. The van der Waals surface area contributed by atoms with Crippen molar-refractivity contribution < 1.29 is 4.74 Å². The van der Waals surface area contributed by atoms with E-state index in [4.69, 9.17) is 4.74 Å². The van der Waals surface area contributed by atoms with Crippen molar-refractivity contribution in [1.82, 2.24) is 10.3 Å². The number of pyridine rings is 1. The van der Waals surface area contributed by atoms with Gasteiger partial charge in [-0.05, 0) is 50.4 Å². The monoisotopic (exact) mass is 281 g/mol. The number of fused-ring (bicyclic) bond motifs is 1. The smallest absolute Gasteiger partial charge is 0.148 e. The van der Waals surface area contributed by atoms with Gasteiger partial charge in [-0.15, -0.1) is 0 Å². The summed E-state index contributed by atoms with van der Waals surface area (Å²) in [5, 5.41) is 13.6. The van der Waals surface area contributed by atoms with Crippen LogP contribution < -0.4 is 10.1 Å². The Morgan fingerprint density at radius 2 is 2.29 bits per heavy atom. The highest BCUT2D eigenvalue weighted by molar-refractivity contribution is 5.87. The lowest BCUT2D eigenvalue weighted by Crippen LogP contribution is -2.30. The third-order valence-electron chi connectivity index (χ3n) is 4.02. The van der Waals surface area contributed by atoms with Crippen LogP contribution in [-0.2, 0) is 0 Å². The number of nitrogens with zero attached hydrogens (tertiary/aromatic N) is 2. The predicted octanol–water partition coefficient (Wildman–Crippen LogP) is 2.87. The van der Waals surface area contributed by atoms with Crippen molar-refractivity contribution >= 4 is 10.9 Å². The molecular formula is C17H19N3O. The predicted molar refractivity (Wildman–Crippen MR) is 82.2 cm³/mol. The molecule has 1 fully saturated rings. The molecule has 3 rings (SSSR count). The number of hydrogen-bond donors (Lipinski definition) is 1. The molecule has 1 N–H and O–H groups in total. The second-order valence-electron chi connectivity index (χ2n) is 5.48. The minimum absolute atomic E-state index is 0.510. The normalized spacial score (nSPS) is 18.3. The maximum atomic E-state index is 9.25. The maximum absolute atomic E-state index is 9.25. The zero-order valence-corrected chi connectivity index (χ0v) is 12.0. The first-order valence-corrected chi connectivity index (χ1v) is 7.50. The van der Waals surface area contributed by atoms with Crippen LogP contribution in [0.5, 0.6) is 5.75 Å². The molecule has 108 valence electrons. The van der Waals surface area contributed by atoms with E-state index in [0.29, 0.717) is 23.8 Å². The summed E-state index contributed by atoms with van der Waals surface area (Å²) in [5.74, 6) is 1.35. The van der Waals surface area contributed by atoms with Crippen LogP contribution in [0.25, 0.3) is 10.9 Å². The van der Waals surface area contributed by atoms with Gasteiger partial charge in [-0.2, -0.15) is 5.26 Å². The van der Waals surface area contributed by atoms with Crippen LogP contribution in [0.2, 0.25) is 0 Å². The topological polar surface area (TPSA) is 57.9 Å². The van der Waals surface area contributed by atoms with Crippen molar-refractivity contribution in [3.05, 3.63) is 36.0 Å². The average molecular weight is 281 g/mol. The summed E-state index contributed by atoms with van der Waals surface area (Å²) in [6.45, 7) is 2.85. The van der Waals surface area contributed by atoms with Crippen molar-refractivity contribution in [2.24, 2.45) is 5.92 Å². The Morgan fingerprint density at radius 3 is 3.10 bits per heavy atom. The van der Waals surface area contributed by atoms with Crippen molar-refractivity contribution in [2.75, 3.05) is 19.7 Å². The van der Waals surface area contributed by atoms with Gasteiger partial charge in [0.15, 0.2) is 0 Å². The molecule has 4 nitrogen and oxygen atoms in total. The number of piperidine rings is 1. The van der Waals surface area contributed by atoms with Gasteiger partial charge in [-0.1, -0.05) is 12.1 Å². The minimum atomic E-state index is 0.510. The summed E-state index contributed by atoms with van der Waals surface area (Å²) in [6, 6.07) is 9.97. The van der Waals surface area contributed by atoms with Gasteiger partial charge < -0.3 is 10.1 Å². The molecule has 0 radical (unpaired) electrons. The molecule has 1 atom stereocenters. The lowest BCUT2D eigenvalue weighted by atomic mass is 9.97. The molecule has 1 aromatic carbocycles. The summed E-state index contributed by atoms with van der Waals surface area (Å²) >= 11 is 0. The first-order valence-electron chi connectivity index (χ1n) is 7.50. The molecule has 1 aliphatic heterocycles. The summed E-state index contributed by atoms with van der Waals surface area (Å²) in [6.07, 6.45) is 5.12. The lowest BCUT2D eigenvalue weighted by Gasteiger charge is -2.22. The summed E-state index contributed by atoms with van der Waals surface area (Å²) in [7, 11) is 0. The maximum Gasteiger partial charge on any atom is 0.148 e. The number of benzene rings is 1. The number of ether oxygens (including phenoxy) is 1. The van der Waals surface area contributed by atoms with Crippen molar-refractivity contribution in [3.63, 3.8) is 0 Å². The number of hydrogen-bond acceptors (Lipinski definition) is 4. The van der Waals surface area contributed by atoms with Gasteiger partial charge in [0.25, 0.3) is 0 Å². The van der Waals surface area contributed by atoms with E-state index in [1.54, 1.807) is 6.20 Å². The first-order chi connectivity index (χ1) is 10.4. The summed E-state index contributed by atoms with van der Waals surface area (Å²) in [4.78, 5) is 4.30. The fraction of sp³-hybridized carbons (Fsp3) is 0.412. The molecule has 2 aromatic rings. The van der Waals surface area contributed by atoms with Gasteiger partial charge in [0.1, 0.15) is 17.4 Å². The lowest BCUT2D eigenvalue weighted by molar-refractivity contribution is 0.255. The average Bonchev–Trinajstić information content (AvgIpc) is 2.56. The Hall–Kier alpha value is -2.12. The highest BCUT2D eigenvalue weighted by Gasteiger charge is 2.14. The zero-order valence-electron chi connectivity index (χ0n) is 12.0. The first kappa shape index (κ1) is 13.8. The molecule has 0 saturated carbocycles. The van der Waals surface area contributed by atoms with Gasteiger partial charge in [0.05, 0.1) is 12.1 Å². The zero-order chi connectivity index (χ0) is 14.5. The van der Waals surface area contributed by atoms with Crippen molar-refractivity contribution in [1.29, 1.82) is 5.26 Å². The third kappa shape index (κ3) is 3.14. The van der Waals surface area contributed by atoms with E-state index in [1.807, 2.05) is 24.3 Å². The van der Waals surface area contributed by atoms with E-state index in [2.05, 4.69) is 16.4 Å². The Labute approximate surface area is 124 Å². The van der Waals surface area contributed by atoms with E-state index < -0.39 is 0 Å². The van der Waals surface area contributed by atoms with E-state index >= 15 is 0 Å². The second-order valence-corrected chi connectivity index (χ2v) is 5.48. The van der Waals surface area contributed by atoms with Crippen LogP contribution in [0.3, 0.4) is 0 Å². The number of nitrogens with one attached hydrogen (secondary N) is 1. The van der Waals surface area contributed by atoms with E-state index in [0.717, 1.165) is 30.4 Å². The molecule has 1 aliphatic rings. The van der Waals surface area contributed by atoms with Crippen LogP contribution >= 0.6 is 0 Å². The van der Waals surface area contributed by atoms with Crippen molar-refractivity contribution in [3.8, 4) is 11.8 Å². The number of nitriles is 1. The molecule has 1 saturated heterocycles. The number of para-hydroxylation sites is 1. The fourth-order valence-electron chi connectivity index (χ4n) is 2.85. The van der Waals surface area contributed by atoms with Gasteiger partial charge in [0.2, 0.25) is 0 Å². The Kier molecular flexibility index (Phi) is 4.32. The van der Waals surface area contributed by atoms with Gasteiger partial charge in [-0.25, -0.2) is 0 Å². The van der Waals surface area contributed by atoms with Crippen LogP contribution in [0.15, 0.2) is 30.5 Å². The molecule has 0 amide bonds. The third-order valence-corrected chi connectivity index (χ3v) is 4.02. The van der Waals surface area contributed by atoms with Crippen LogP contribution in [0.1, 0.15) is 24.8 Å². The van der Waals surface area contributed by atoms with E-state index in [1.165, 1.54) is 12.8 Å². The standard InChI is InChI=1S/C17H19N3O/c18-10-14-12-20-16-6-2-1-5-15(16)17(14)21-9-7-13-4-3-8-19-11-13/h1-2,5-6,12-13,19H,3-4,7-9,11H2. The molecule has 1 unspecified atom stereocenters. The highest BCUT2D eigenvalue weighted by Crippen LogP contribution is 2.28. The van der Waals surface area contributed by atoms with E-state index in [-0.39, 0.29) is 0 Å². The van der Waals surface area contributed by atoms with Gasteiger partial charge in [-0.3, -0.25) is 4.98 Å². The summed E-state index contributed by atoms with van der Waals surface area (Å²) in [5.41, 5.74) is 1.38. The Balaban J connectivity index is 1.74. The largest absolute Gasteiger partial charge is 0.491 e. The minimum Gasteiger partial charge on any atom is -0.491 e. The Bertz CT molecular complexity index is 657. The molecule has 0 bridgehead atoms. The van der Waals surface area contributed by atoms with E-state index in [9.17, 15) is 5.26 Å². The molecule has 0 spiro atoms. The molecule has 2 heterocycles. The summed E-state index contributed by atoms with van der Waals surface area (Å²) < 4.78 is 5.95. The molecule has 21 heavy (non-hydrogen) atoms.